The zero-order valence-electron chi connectivity index (χ0n) is 15.4. The zero-order valence-corrected chi connectivity index (χ0v) is 16.2. The molecule has 0 fully saturated rings. The van der Waals surface area contributed by atoms with Crippen molar-refractivity contribution in [2.45, 2.75) is 42.7 Å². The summed E-state index contributed by atoms with van der Waals surface area (Å²) in [5, 5.41) is 9.94. The first-order chi connectivity index (χ1) is 13.3. The van der Waals surface area contributed by atoms with Crippen molar-refractivity contribution in [3.63, 3.8) is 0 Å². The Morgan fingerprint density at radius 1 is 1.21 bits per heavy atom. The van der Waals surface area contributed by atoms with E-state index in [4.69, 9.17) is 0 Å². The summed E-state index contributed by atoms with van der Waals surface area (Å²) >= 11 is 1.16. The van der Waals surface area contributed by atoms with Crippen LogP contribution in [0.4, 0.5) is 8.78 Å². The second kappa shape index (κ2) is 8.52. The third-order valence-electron chi connectivity index (χ3n) is 3.98. The average molecular weight is 403 g/mol. The minimum atomic E-state index is -1.00. The molecule has 8 heteroatoms. The van der Waals surface area contributed by atoms with Crippen LogP contribution in [0.2, 0.25) is 0 Å². The van der Waals surface area contributed by atoms with Crippen molar-refractivity contribution in [2.24, 2.45) is 0 Å². The number of carboxylic acid groups (broad SMARTS) is 1. The van der Waals surface area contributed by atoms with Gasteiger partial charge in [-0.15, -0.1) is 0 Å². The van der Waals surface area contributed by atoms with Gasteiger partial charge in [0.2, 0.25) is 0 Å². The molecule has 0 radical (unpaired) electrons. The van der Waals surface area contributed by atoms with Crippen molar-refractivity contribution in [1.82, 2.24) is 14.5 Å². The number of nitrogens with zero attached hydrogens (tertiary/aromatic N) is 3. The van der Waals surface area contributed by atoms with E-state index in [1.54, 1.807) is 16.8 Å². The van der Waals surface area contributed by atoms with E-state index < -0.39 is 17.6 Å². The molecule has 146 valence electrons. The second-order valence-corrected chi connectivity index (χ2v) is 7.62. The van der Waals surface area contributed by atoms with Gasteiger partial charge in [0.1, 0.15) is 28.9 Å². The van der Waals surface area contributed by atoms with Crippen LogP contribution in [0, 0.1) is 11.6 Å². The Morgan fingerprint density at radius 3 is 2.50 bits per heavy atom. The smallest absolute Gasteiger partial charge is 0.311 e. The van der Waals surface area contributed by atoms with Crippen LogP contribution in [0.25, 0.3) is 0 Å². The molecule has 5 nitrogen and oxygen atoms in total. The predicted octanol–water partition coefficient (Wildman–Crippen LogP) is 4.51. The highest BCUT2D eigenvalue weighted by Gasteiger charge is 2.22. The van der Waals surface area contributed by atoms with Crippen molar-refractivity contribution >= 4 is 17.7 Å². The van der Waals surface area contributed by atoms with Crippen LogP contribution >= 0.6 is 11.8 Å². The minimum absolute atomic E-state index is 0.00145. The average Bonchev–Trinajstić information content (AvgIpc) is 2.92. The standard InChI is InChI=1S/C20H19F2N3O2S/c1-12(2)19-20(28-16-8-13(21)7-14(22)9-16)25(17(24-19)10-18(26)27)11-15-5-3-4-6-23-15/h3-9,12H,10-11H2,1-2H3,(H,26,27). The zero-order chi connectivity index (χ0) is 20.3. The molecule has 2 heterocycles. The highest BCUT2D eigenvalue weighted by atomic mass is 32.2. The van der Waals surface area contributed by atoms with Gasteiger partial charge in [-0.3, -0.25) is 9.78 Å². The number of hydrogen-bond donors (Lipinski definition) is 1. The number of halogens is 2. The van der Waals surface area contributed by atoms with E-state index in [9.17, 15) is 18.7 Å². The normalized spacial score (nSPS) is 11.2. The Kier molecular flexibility index (Phi) is 6.08. The maximum Gasteiger partial charge on any atom is 0.311 e. The fourth-order valence-electron chi connectivity index (χ4n) is 2.77. The van der Waals surface area contributed by atoms with Crippen molar-refractivity contribution in [3.8, 4) is 0 Å². The number of pyridine rings is 1. The summed E-state index contributed by atoms with van der Waals surface area (Å²) in [5.41, 5.74) is 1.41. The summed E-state index contributed by atoms with van der Waals surface area (Å²) in [6, 6.07) is 8.76. The van der Waals surface area contributed by atoms with E-state index in [0.717, 1.165) is 23.5 Å². The molecular weight excluding hydrogens is 384 g/mol. The fraction of sp³-hybridized carbons (Fsp3) is 0.250. The number of carbonyl (C=O) groups is 1. The number of aromatic nitrogens is 3. The summed E-state index contributed by atoms with van der Waals surface area (Å²) in [4.78, 5) is 20.5. The summed E-state index contributed by atoms with van der Waals surface area (Å²) in [5.74, 6) is -1.97. The van der Waals surface area contributed by atoms with Gasteiger partial charge < -0.3 is 9.67 Å². The number of benzene rings is 1. The van der Waals surface area contributed by atoms with Crippen LogP contribution in [-0.2, 0) is 17.8 Å². The Bertz CT molecular complexity index is 970. The highest BCUT2D eigenvalue weighted by molar-refractivity contribution is 7.99. The van der Waals surface area contributed by atoms with Gasteiger partial charge in [-0.2, -0.15) is 0 Å². The first-order valence-electron chi connectivity index (χ1n) is 8.68. The van der Waals surface area contributed by atoms with Gasteiger partial charge in [-0.05, 0) is 30.2 Å². The molecule has 3 rings (SSSR count). The molecule has 0 saturated heterocycles. The van der Waals surface area contributed by atoms with E-state index in [2.05, 4.69) is 9.97 Å². The van der Waals surface area contributed by atoms with E-state index in [-0.39, 0.29) is 12.3 Å². The van der Waals surface area contributed by atoms with Crippen LogP contribution in [0.3, 0.4) is 0 Å². The minimum Gasteiger partial charge on any atom is -0.481 e. The lowest BCUT2D eigenvalue weighted by atomic mass is 10.1. The van der Waals surface area contributed by atoms with E-state index in [1.807, 2.05) is 26.0 Å². The van der Waals surface area contributed by atoms with Gasteiger partial charge in [0.15, 0.2) is 0 Å². The van der Waals surface area contributed by atoms with Gasteiger partial charge >= 0.3 is 5.97 Å². The molecule has 0 atom stereocenters. The van der Waals surface area contributed by atoms with Crippen LogP contribution in [0.1, 0.15) is 37.0 Å². The summed E-state index contributed by atoms with van der Waals surface area (Å²) in [6.45, 7) is 4.19. The van der Waals surface area contributed by atoms with E-state index >= 15 is 0 Å². The van der Waals surface area contributed by atoms with Crippen LogP contribution in [0.5, 0.6) is 0 Å². The van der Waals surface area contributed by atoms with Gasteiger partial charge in [0.25, 0.3) is 0 Å². The quantitative estimate of drug-likeness (QED) is 0.629. The molecule has 0 aliphatic heterocycles. The van der Waals surface area contributed by atoms with E-state index in [0.29, 0.717) is 28.0 Å². The molecule has 0 saturated carbocycles. The van der Waals surface area contributed by atoms with Gasteiger partial charge in [-0.25, -0.2) is 13.8 Å². The molecular formula is C20H19F2N3O2S. The van der Waals surface area contributed by atoms with Crippen LogP contribution in [0.15, 0.2) is 52.5 Å². The summed E-state index contributed by atoms with van der Waals surface area (Å²) in [6.07, 6.45) is 1.39. The molecule has 0 unspecified atom stereocenters. The maximum absolute atomic E-state index is 13.7. The molecule has 3 aromatic rings. The molecule has 0 amide bonds. The first-order valence-corrected chi connectivity index (χ1v) is 9.50. The molecule has 2 aromatic heterocycles. The van der Waals surface area contributed by atoms with Crippen molar-refractivity contribution < 1.29 is 18.7 Å². The van der Waals surface area contributed by atoms with Gasteiger partial charge in [0, 0.05) is 17.2 Å². The molecule has 0 spiro atoms. The third kappa shape index (κ3) is 4.75. The summed E-state index contributed by atoms with van der Waals surface area (Å²) < 4.78 is 29.1. The lowest BCUT2D eigenvalue weighted by molar-refractivity contribution is -0.136. The number of hydrogen-bond acceptors (Lipinski definition) is 4. The number of aliphatic carboxylic acids is 1. The van der Waals surface area contributed by atoms with Crippen LogP contribution < -0.4 is 0 Å². The monoisotopic (exact) mass is 403 g/mol. The van der Waals surface area contributed by atoms with Crippen molar-refractivity contribution in [2.75, 3.05) is 0 Å². The molecule has 1 N–H and O–H groups in total. The first kappa shape index (κ1) is 20.0. The van der Waals surface area contributed by atoms with E-state index in [1.165, 1.54) is 12.1 Å². The molecule has 0 aliphatic carbocycles. The Labute approximate surface area is 165 Å². The Morgan fingerprint density at radius 2 is 1.93 bits per heavy atom. The molecule has 0 bridgehead atoms. The SMILES string of the molecule is CC(C)c1nc(CC(=O)O)n(Cc2ccccn2)c1Sc1cc(F)cc(F)c1. The third-order valence-corrected chi connectivity index (χ3v) is 5.07. The van der Waals surface area contributed by atoms with Crippen molar-refractivity contribution in [3.05, 3.63) is 71.4 Å². The van der Waals surface area contributed by atoms with Crippen LogP contribution in [-0.4, -0.2) is 25.6 Å². The fourth-order valence-corrected chi connectivity index (χ4v) is 4.00. The lowest BCUT2D eigenvalue weighted by Gasteiger charge is -2.13. The second-order valence-electron chi connectivity index (χ2n) is 6.56. The topological polar surface area (TPSA) is 68.0 Å². The van der Waals surface area contributed by atoms with Gasteiger partial charge in [-0.1, -0.05) is 31.7 Å². The molecule has 1 aromatic carbocycles. The lowest BCUT2D eigenvalue weighted by Crippen LogP contribution is -2.11. The number of rotatable bonds is 7. The Hall–Kier alpha value is -2.74. The largest absolute Gasteiger partial charge is 0.481 e. The maximum atomic E-state index is 13.7. The summed E-state index contributed by atoms with van der Waals surface area (Å²) in [7, 11) is 0. The number of carboxylic acids is 1. The predicted molar refractivity (Wildman–Crippen MR) is 101 cm³/mol. The Balaban J connectivity index is 2.11. The van der Waals surface area contributed by atoms with Crippen molar-refractivity contribution in [1.29, 1.82) is 0 Å². The van der Waals surface area contributed by atoms with Gasteiger partial charge in [0.05, 0.1) is 17.9 Å². The highest BCUT2D eigenvalue weighted by Crippen LogP contribution is 2.36. The molecule has 0 aliphatic rings. The molecule has 28 heavy (non-hydrogen) atoms. The number of imidazole rings is 1.